The van der Waals surface area contributed by atoms with Gasteiger partial charge in [0, 0.05) is 18.5 Å². The Morgan fingerprint density at radius 1 is 1.39 bits per heavy atom. The zero-order valence-electron chi connectivity index (χ0n) is 12.2. The maximum atomic E-state index is 13.1. The van der Waals surface area contributed by atoms with E-state index in [1.165, 1.54) is 12.1 Å². The number of aromatic nitrogens is 1. The van der Waals surface area contributed by atoms with Crippen LogP contribution in [-0.4, -0.2) is 17.0 Å². The molecule has 3 nitrogen and oxygen atoms in total. The van der Waals surface area contributed by atoms with Crippen molar-refractivity contribution in [1.29, 1.82) is 0 Å². The SMILES string of the molecule is C=CCNC(=O)c1cc2scc(Br)c2n1Cc1ccc(F)cc1. The summed E-state index contributed by atoms with van der Waals surface area (Å²) >= 11 is 5.11. The summed E-state index contributed by atoms with van der Waals surface area (Å²) in [7, 11) is 0. The van der Waals surface area contributed by atoms with Gasteiger partial charge in [0.05, 0.1) is 14.7 Å². The highest BCUT2D eigenvalue weighted by molar-refractivity contribution is 9.10. The third-order valence-electron chi connectivity index (χ3n) is 3.47. The lowest BCUT2D eigenvalue weighted by Crippen LogP contribution is -2.26. The van der Waals surface area contributed by atoms with Gasteiger partial charge in [0.1, 0.15) is 11.5 Å². The second kappa shape index (κ2) is 6.68. The lowest BCUT2D eigenvalue weighted by atomic mass is 10.2. The number of rotatable bonds is 5. The molecule has 1 aromatic carbocycles. The van der Waals surface area contributed by atoms with Crippen molar-refractivity contribution in [3.63, 3.8) is 0 Å². The second-order valence-corrected chi connectivity index (χ2v) is 6.80. The van der Waals surface area contributed by atoms with Gasteiger partial charge in [0.2, 0.25) is 0 Å². The Morgan fingerprint density at radius 2 is 2.13 bits per heavy atom. The number of amides is 1. The van der Waals surface area contributed by atoms with Crippen molar-refractivity contribution in [2.45, 2.75) is 6.54 Å². The Labute approximate surface area is 145 Å². The van der Waals surface area contributed by atoms with E-state index >= 15 is 0 Å². The van der Waals surface area contributed by atoms with E-state index in [1.54, 1.807) is 29.5 Å². The normalized spacial score (nSPS) is 10.9. The minimum atomic E-state index is -0.271. The molecule has 118 valence electrons. The van der Waals surface area contributed by atoms with Crippen molar-refractivity contribution < 1.29 is 9.18 Å². The largest absolute Gasteiger partial charge is 0.347 e. The highest BCUT2D eigenvalue weighted by atomic mass is 79.9. The molecule has 0 aliphatic heterocycles. The minimum Gasteiger partial charge on any atom is -0.347 e. The zero-order chi connectivity index (χ0) is 16.4. The average Bonchev–Trinajstić information content (AvgIpc) is 3.08. The lowest BCUT2D eigenvalue weighted by Gasteiger charge is -2.11. The number of carbonyl (C=O) groups excluding carboxylic acids is 1. The Bertz CT molecular complexity index is 867. The van der Waals surface area contributed by atoms with Gasteiger partial charge in [-0.05, 0) is 39.7 Å². The number of thiophene rings is 1. The van der Waals surface area contributed by atoms with Crippen molar-refractivity contribution >= 4 is 43.4 Å². The van der Waals surface area contributed by atoms with Crippen LogP contribution in [0.1, 0.15) is 16.1 Å². The molecule has 0 unspecified atom stereocenters. The van der Waals surface area contributed by atoms with Gasteiger partial charge in [0.15, 0.2) is 0 Å². The quantitative estimate of drug-likeness (QED) is 0.634. The van der Waals surface area contributed by atoms with Crippen LogP contribution in [0, 0.1) is 5.82 Å². The summed E-state index contributed by atoms with van der Waals surface area (Å²) in [5.74, 6) is -0.422. The number of hydrogen-bond donors (Lipinski definition) is 1. The molecule has 3 aromatic rings. The molecule has 0 saturated carbocycles. The molecule has 0 atom stereocenters. The van der Waals surface area contributed by atoms with Gasteiger partial charge in [-0.25, -0.2) is 4.39 Å². The van der Waals surface area contributed by atoms with Crippen LogP contribution in [0.15, 0.2) is 52.8 Å². The van der Waals surface area contributed by atoms with Crippen LogP contribution in [0.25, 0.3) is 10.2 Å². The first kappa shape index (κ1) is 16.0. The molecule has 0 spiro atoms. The highest BCUT2D eigenvalue weighted by Gasteiger charge is 2.18. The number of nitrogens with zero attached hydrogens (tertiary/aromatic N) is 1. The number of halogens is 2. The van der Waals surface area contributed by atoms with Crippen molar-refractivity contribution in [3.8, 4) is 0 Å². The minimum absolute atomic E-state index is 0.151. The summed E-state index contributed by atoms with van der Waals surface area (Å²) < 4.78 is 17.0. The van der Waals surface area contributed by atoms with Crippen molar-refractivity contribution in [1.82, 2.24) is 9.88 Å². The Kier molecular flexibility index (Phi) is 4.63. The summed E-state index contributed by atoms with van der Waals surface area (Å²) in [6.07, 6.45) is 1.64. The highest BCUT2D eigenvalue weighted by Crippen LogP contribution is 2.33. The van der Waals surface area contributed by atoms with Crippen LogP contribution >= 0.6 is 27.3 Å². The predicted molar refractivity (Wildman–Crippen MR) is 95.5 cm³/mol. The molecule has 1 N–H and O–H groups in total. The topological polar surface area (TPSA) is 34.0 Å². The molecular formula is C17H14BrFN2OS. The van der Waals surface area contributed by atoms with Crippen LogP contribution < -0.4 is 5.32 Å². The number of nitrogens with one attached hydrogen (secondary N) is 1. The van der Waals surface area contributed by atoms with E-state index in [0.717, 1.165) is 20.3 Å². The van der Waals surface area contributed by atoms with Crippen LogP contribution in [0.3, 0.4) is 0 Å². The second-order valence-electron chi connectivity index (χ2n) is 5.04. The smallest absolute Gasteiger partial charge is 0.268 e. The molecule has 0 aliphatic rings. The first-order valence-electron chi connectivity index (χ1n) is 7.00. The standard InChI is InChI=1S/C17H14BrFN2OS/c1-2-7-20-17(22)14-8-15-16(13(18)10-23-15)21(14)9-11-3-5-12(19)6-4-11/h2-6,8,10H,1,7,9H2,(H,20,22). The fraction of sp³-hybridized carbons (Fsp3) is 0.118. The molecule has 0 saturated heterocycles. The van der Waals surface area contributed by atoms with Crippen LogP contribution in [0.4, 0.5) is 4.39 Å². The molecule has 0 aliphatic carbocycles. The van der Waals surface area contributed by atoms with Gasteiger partial charge in [0.25, 0.3) is 5.91 Å². The zero-order valence-corrected chi connectivity index (χ0v) is 14.6. The fourth-order valence-corrected chi connectivity index (χ4v) is 4.10. The summed E-state index contributed by atoms with van der Waals surface area (Å²) in [5.41, 5.74) is 2.49. The molecule has 0 radical (unpaired) electrons. The summed E-state index contributed by atoms with van der Waals surface area (Å²) in [5, 5.41) is 4.80. The maximum Gasteiger partial charge on any atom is 0.268 e. The molecule has 3 rings (SSSR count). The third-order valence-corrected chi connectivity index (χ3v) is 5.30. The van der Waals surface area contributed by atoms with Gasteiger partial charge < -0.3 is 9.88 Å². The molecule has 23 heavy (non-hydrogen) atoms. The van der Waals surface area contributed by atoms with Gasteiger partial charge in [-0.3, -0.25) is 4.79 Å². The van der Waals surface area contributed by atoms with E-state index in [9.17, 15) is 9.18 Å². The van der Waals surface area contributed by atoms with Crippen LogP contribution in [-0.2, 0) is 6.54 Å². The van der Waals surface area contributed by atoms with E-state index in [2.05, 4.69) is 27.8 Å². The number of benzene rings is 1. The first-order chi connectivity index (χ1) is 11.1. The number of carbonyl (C=O) groups is 1. The van der Waals surface area contributed by atoms with Crippen molar-refractivity contribution in [2.75, 3.05) is 6.54 Å². The molecule has 2 aromatic heterocycles. The Hall–Kier alpha value is -1.92. The molecular weight excluding hydrogens is 379 g/mol. The number of hydrogen-bond acceptors (Lipinski definition) is 2. The van der Waals surface area contributed by atoms with Crippen molar-refractivity contribution in [2.24, 2.45) is 0 Å². The van der Waals surface area contributed by atoms with Crippen LogP contribution in [0.2, 0.25) is 0 Å². The number of fused-ring (bicyclic) bond motifs is 1. The molecule has 2 heterocycles. The molecule has 0 fully saturated rings. The van der Waals surface area contributed by atoms with Gasteiger partial charge in [-0.2, -0.15) is 0 Å². The first-order valence-corrected chi connectivity index (χ1v) is 8.67. The van der Waals surface area contributed by atoms with Gasteiger partial charge >= 0.3 is 0 Å². The van der Waals surface area contributed by atoms with E-state index in [-0.39, 0.29) is 11.7 Å². The third kappa shape index (κ3) is 3.23. The van der Waals surface area contributed by atoms with Crippen LogP contribution in [0.5, 0.6) is 0 Å². The Morgan fingerprint density at radius 3 is 2.83 bits per heavy atom. The summed E-state index contributed by atoms with van der Waals surface area (Å²) in [6, 6.07) is 8.19. The molecule has 1 amide bonds. The Balaban J connectivity index is 2.04. The van der Waals surface area contributed by atoms with E-state index in [1.807, 2.05) is 16.0 Å². The average molecular weight is 393 g/mol. The summed E-state index contributed by atoms with van der Waals surface area (Å²) in [4.78, 5) is 12.4. The van der Waals surface area contributed by atoms with E-state index in [4.69, 9.17) is 0 Å². The lowest BCUT2D eigenvalue weighted by molar-refractivity contribution is 0.0949. The fourth-order valence-electron chi connectivity index (χ4n) is 2.41. The maximum absolute atomic E-state index is 13.1. The molecule has 6 heteroatoms. The monoisotopic (exact) mass is 392 g/mol. The van der Waals surface area contributed by atoms with Gasteiger partial charge in [-0.15, -0.1) is 17.9 Å². The molecule has 0 bridgehead atoms. The summed E-state index contributed by atoms with van der Waals surface area (Å²) in [6.45, 7) is 4.52. The van der Waals surface area contributed by atoms with Gasteiger partial charge in [-0.1, -0.05) is 18.2 Å². The van der Waals surface area contributed by atoms with E-state index in [0.29, 0.717) is 18.8 Å². The van der Waals surface area contributed by atoms with Crippen molar-refractivity contribution in [3.05, 3.63) is 69.9 Å². The van der Waals surface area contributed by atoms with E-state index < -0.39 is 0 Å². The predicted octanol–water partition coefficient (Wildman–Crippen LogP) is 4.57.